The van der Waals surface area contributed by atoms with Crippen LogP contribution in [0.25, 0.3) is 0 Å². The first-order valence-corrected chi connectivity index (χ1v) is 7.09. The molecule has 2 unspecified atom stereocenters. The molecular formula is C14H29NO. The summed E-state index contributed by atoms with van der Waals surface area (Å²) in [5, 5.41) is 0. The van der Waals surface area contributed by atoms with Crippen molar-refractivity contribution in [3.05, 3.63) is 0 Å². The van der Waals surface area contributed by atoms with Crippen molar-refractivity contribution in [1.82, 2.24) is 4.90 Å². The third kappa shape index (κ3) is 4.84. The van der Waals surface area contributed by atoms with Crippen LogP contribution < -0.4 is 0 Å². The van der Waals surface area contributed by atoms with Crippen LogP contribution in [0.4, 0.5) is 0 Å². The van der Waals surface area contributed by atoms with Crippen molar-refractivity contribution in [2.24, 2.45) is 5.92 Å². The minimum atomic E-state index is 0.686. The van der Waals surface area contributed by atoms with Gasteiger partial charge in [-0.15, -0.1) is 0 Å². The average molecular weight is 227 g/mol. The Morgan fingerprint density at radius 1 is 1.19 bits per heavy atom. The zero-order valence-corrected chi connectivity index (χ0v) is 11.4. The first kappa shape index (κ1) is 14.0. The number of unbranched alkanes of at least 4 members (excludes halogenated alkanes) is 3. The molecule has 2 nitrogen and oxygen atoms in total. The van der Waals surface area contributed by atoms with Gasteiger partial charge in [0.05, 0.1) is 6.61 Å². The molecule has 0 saturated carbocycles. The highest BCUT2D eigenvalue weighted by Gasteiger charge is 2.27. The van der Waals surface area contributed by atoms with Crippen LogP contribution in [0.1, 0.15) is 52.9 Å². The average Bonchev–Trinajstić information content (AvgIpc) is 2.64. The van der Waals surface area contributed by atoms with E-state index in [4.69, 9.17) is 4.74 Å². The normalized spacial score (nSPS) is 26.4. The van der Waals surface area contributed by atoms with Crippen molar-refractivity contribution in [3.63, 3.8) is 0 Å². The van der Waals surface area contributed by atoms with Gasteiger partial charge in [0.25, 0.3) is 0 Å². The topological polar surface area (TPSA) is 12.5 Å². The lowest BCUT2D eigenvalue weighted by Crippen LogP contribution is -2.33. The zero-order valence-electron chi connectivity index (χ0n) is 11.4. The predicted octanol–water partition coefficient (Wildman–Crippen LogP) is 3.31. The van der Waals surface area contributed by atoms with E-state index < -0.39 is 0 Å². The predicted molar refractivity (Wildman–Crippen MR) is 69.8 cm³/mol. The summed E-state index contributed by atoms with van der Waals surface area (Å²) in [6.07, 6.45) is 6.55. The molecule has 0 N–H and O–H groups in total. The molecule has 0 aromatic carbocycles. The first-order valence-electron chi connectivity index (χ1n) is 7.09. The van der Waals surface area contributed by atoms with Gasteiger partial charge >= 0.3 is 0 Å². The molecule has 1 heterocycles. The fourth-order valence-electron chi connectivity index (χ4n) is 2.65. The van der Waals surface area contributed by atoms with Crippen LogP contribution in [0.2, 0.25) is 0 Å². The largest absolute Gasteiger partial charge is 0.380 e. The first-order chi connectivity index (χ1) is 7.77. The molecule has 0 spiro atoms. The summed E-state index contributed by atoms with van der Waals surface area (Å²) in [6.45, 7) is 11.2. The van der Waals surface area contributed by atoms with Crippen LogP contribution in [0.15, 0.2) is 0 Å². The summed E-state index contributed by atoms with van der Waals surface area (Å²) in [7, 11) is 0. The van der Waals surface area contributed by atoms with Gasteiger partial charge in [0.2, 0.25) is 0 Å². The number of rotatable bonds is 8. The van der Waals surface area contributed by atoms with Crippen molar-refractivity contribution in [2.45, 2.75) is 58.9 Å². The van der Waals surface area contributed by atoms with Crippen LogP contribution in [0, 0.1) is 5.92 Å². The van der Waals surface area contributed by atoms with E-state index in [-0.39, 0.29) is 0 Å². The maximum Gasteiger partial charge on any atom is 0.0621 e. The van der Waals surface area contributed by atoms with Crippen molar-refractivity contribution in [3.8, 4) is 0 Å². The van der Waals surface area contributed by atoms with Crippen LogP contribution >= 0.6 is 0 Å². The van der Waals surface area contributed by atoms with Crippen LogP contribution in [-0.2, 0) is 4.74 Å². The van der Waals surface area contributed by atoms with Gasteiger partial charge in [-0.2, -0.15) is 0 Å². The SMILES string of the molecule is CCCCCCOCC1CC(C)CN1CC. The smallest absolute Gasteiger partial charge is 0.0621 e. The highest BCUT2D eigenvalue weighted by atomic mass is 16.5. The highest BCUT2D eigenvalue weighted by molar-refractivity contribution is 4.82. The van der Waals surface area contributed by atoms with E-state index in [9.17, 15) is 0 Å². The Morgan fingerprint density at radius 3 is 2.69 bits per heavy atom. The maximum absolute atomic E-state index is 5.80. The van der Waals surface area contributed by atoms with Crippen LogP contribution in [0.5, 0.6) is 0 Å². The summed E-state index contributed by atoms with van der Waals surface area (Å²) in [5.41, 5.74) is 0. The van der Waals surface area contributed by atoms with Crippen molar-refractivity contribution in [1.29, 1.82) is 0 Å². The van der Waals surface area contributed by atoms with Crippen LogP contribution in [-0.4, -0.2) is 37.2 Å². The monoisotopic (exact) mass is 227 g/mol. The van der Waals surface area contributed by atoms with Crippen molar-refractivity contribution >= 4 is 0 Å². The maximum atomic E-state index is 5.80. The minimum absolute atomic E-state index is 0.686. The molecule has 1 fully saturated rings. The Hall–Kier alpha value is -0.0800. The molecule has 1 saturated heterocycles. The van der Waals surface area contributed by atoms with Gasteiger partial charge in [0, 0.05) is 19.2 Å². The lowest BCUT2D eigenvalue weighted by Gasteiger charge is -2.22. The Labute approximate surface area is 101 Å². The summed E-state index contributed by atoms with van der Waals surface area (Å²) in [6, 6.07) is 0.686. The van der Waals surface area contributed by atoms with Gasteiger partial charge in [0.1, 0.15) is 0 Å². The summed E-state index contributed by atoms with van der Waals surface area (Å²) in [5.74, 6) is 0.855. The third-order valence-corrected chi connectivity index (χ3v) is 3.60. The molecule has 1 aliphatic rings. The molecule has 0 aromatic rings. The van der Waals surface area contributed by atoms with Gasteiger partial charge in [-0.3, -0.25) is 4.90 Å². The molecule has 0 radical (unpaired) electrons. The van der Waals surface area contributed by atoms with E-state index in [2.05, 4.69) is 25.7 Å². The number of hydrogen-bond acceptors (Lipinski definition) is 2. The quantitative estimate of drug-likeness (QED) is 0.590. The lowest BCUT2D eigenvalue weighted by atomic mass is 10.1. The zero-order chi connectivity index (χ0) is 11.8. The molecule has 0 aromatic heterocycles. The molecule has 2 heteroatoms. The Kier molecular flexibility index (Phi) is 7.06. The second-order valence-corrected chi connectivity index (χ2v) is 5.22. The highest BCUT2D eigenvalue weighted by Crippen LogP contribution is 2.22. The fraction of sp³-hybridized carbons (Fsp3) is 1.00. The number of likely N-dealkylation sites (tertiary alicyclic amines) is 1. The van der Waals surface area contributed by atoms with E-state index in [0.29, 0.717) is 6.04 Å². The molecule has 0 bridgehead atoms. The van der Waals surface area contributed by atoms with Gasteiger partial charge in [-0.05, 0) is 25.3 Å². The second kappa shape index (κ2) is 8.08. The molecule has 96 valence electrons. The Morgan fingerprint density at radius 2 is 2.00 bits per heavy atom. The van der Waals surface area contributed by atoms with Gasteiger partial charge in [0.15, 0.2) is 0 Å². The molecule has 1 rings (SSSR count). The molecule has 0 amide bonds. The Balaban J connectivity index is 2.03. The van der Waals surface area contributed by atoms with E-state index >= 15 is 0 Å². The number of likely N-dealkylation sites (N-methyl/N-ethyl adjacent to an activating group) is 1. The number of nitrogens with zero attached hydrogens (tertiary/aromatic N) is 1. The summed E-state index contributed by atoms with van der Waals surface area (Å²) < 4.78 is 5.80. The standard InChI is InChI=1S/C14H29NO/c1-4-6-7-8-9-16-12-14-10-13(3)11-15(14)5-2/h13-14H,4-12H2,1-3H3. The summed E-state index contributed by atoms with van der Waals surface area (Å²) >= 11 is 0. The molecule has 2 atom stereocenters. The lowest BCUT2D eigenvalue weighted by molar-refractivity contribution is 0.0765. The minimum Gasteiger partial charge on any atom is -0.380 e. The number of hydrogen-bond donors (Lipinski definition) is 0. The molecule has 16 heavy (non-hydrogen) atoms. The Bertz CT molecular complexity index is 172. The second-order valence-electron chi connectivity index (χ2n) is 5.22. The summed E-state index contributed by atoms with van der Waals surface area (Å²) in [4.78, 5) is 2.57. The third-order valence-electron chi connectivity index (χ3n) is 3.60. The molecule has 0 aliphatic carbocycles. The van der Waals surface area contributed by atoms with Gasteiger partial charge in [-0.25, -0.2) is 0 Å². The molecule has 1 aliphatic heterocycles. The van der Waals surface area contributed by atoms with Crippen molar-refractivity contribution in [2.75, 3.05) is 26.3 Å². The molecular weight excluding hydrogens is 198 g/mol. The van der Waals surface area contributed by atoms with E-state index in [1.54, 1.807) is 0 Å². The van der Waals surface area contributed by atoms with E-state index in [0.717, 1.165) is 19.1 Å². The van der Waals surface area contributed by atoms with Crippen LogP contribution in [0.3, 0.4) is 0 Å². The number of ether oxygens (including phenoxy) is 1. The van der Waals surface area contributed by atoms with Gasteiger partial charge in [-0.1, -0.05) is 40.0 Å². The van der Waals surface area contributed by atoms with Gasteiger partial charge < -0.3 is 4.74 Å². The van der Waals surface area contributed by atoms with E-state index in [1.165, 1.54) is 45.2 Å². The van der Waals surface area contributed by atoms with E-state index in [1.807, 2.05) is 0 Å². The van der Waals surface area contributed by atoms with Crippen molar-refractivity contribution < 1.29 is 4.74 Å². The fourth-order valence-corrected chi connectivity index (χ4v) is 2.65.